The van der Waals surface area contributed by atoms with E-state index in [1.165, 1.54) is 27.8 Å². The van der Waals surface area contributed by atoms with Gasteiger partial charge in [-0.2, -0.15) is 0 Å². The molecule has 3 aromatic carbocycles. The molecule has 0 radical (unpaired) electrons. The molecule has 0 fully saturated rings. The third kappa shape index (κ3) is 4.13. The molecule has 4 rings (SSSR count). The second-order valence-corrected chi connectivity index (χ2v) is 8.85. The van der Waals surface area contributed by atoms with Crippen LogP contribution in [0.2, 0.25) is 0 Å². The maximum atomic E-state index is 13.5. The van der Waals surface area contributed by atoms with Crippen LogP contribution in [-0.2, 0) is 0 Å². The van der Waals surface area contributed by atoms with Crippen LogP contribution in [0, 0.1) is 41.5 Å². The van der Waals surface area contributed by atoms with Gasteiger partial charge in [-0.1, -0.05) is 48.5 Å². The zero-order valence-electron chi connectivity index (χ0n) is 19.7. The Labute approximate surface area is 191 Å². The molecule has 1 aromatic heterocycles. The van der Waals surface area contributed by atoms with Crippen LogP contribution in [0.5, 0.6) is 0 Å². The first-order chi connectivity index (χ1) is 15.2. The minimum absolute atomic E-state index is 0.0482. The maximum absolute atomic E-state index is 13.5. The van der Waals surface area contributed by atoms with Gasteiger partial charge in [0.2, 0.25) is 5.78 Å². The monoisotopic (exact) mass is 419 g/mol. The van der Waals surface area contributed by atoms with Crippen molar-refractivity contribution in [2.24, 2.45) is 0 Å². The Morgan fingerprint density at radius 3 is 1.69 bits per heavy atom. The van der Waals surface area contributed by atoms with Crippen LogP contribution in [0.25, 0.3) is 22.3 Å². The number of rotatable bonds is 4. The first-order valence-corrected chi connectivity index (χ1v) is 11.0. The molecule has 0 amide bonds. The fraction of sp³-hybridized carbons (Fsp3) is 0.200. The minimum atomic E-state index is -0.0482. The van der Waals surface area contributed by atoms with E-state index in [-0.39, 0.29) is 5.78 Å². The van der Waals surface area contributed by atoms with Crippen LogP contribution < -0.4 is 0 Å². The van der Waals surface area contributed by atoms with Gasteiger partial charge in [0.05, 0.1) is 0 Å². The number of ketones is 1. The first-order valence-electron chi connectivity index (χ1n) is 11.0. The molecule has 0 unspecified atom stereocenters. The summed E-state index contributed by atoms with van der Waals surface area (Å²) in [7, 11) is 0. The predicted molar refractivity (Wildman–Crippen MR) is 133 cm³/mol. The van der Waals surface area contributed by atoms with Crippen molar-refractivity contribution in [1.29, 1.82) is 0 Å². The number of hydrogen-bond donors (Lipinski definition) is 0. The van der Waals surface area contributed by atoms with Crippen molar-refractivity contribution in [3.05, 3.63) is 111 Å². The number of benzene rings is 3. The highest BCUT2D eigenvalue weighted by Gasteiger charge is 2.19. The number of carbonyl (C=O) groups is 1. The molecular weight excluding hydrogens is 390 g/mol. The molecule has 2 heteroatoms. The van der Waals surface area contributed by atoms with Crippen LogP contribution in [0.1, 0.15) is 49.4 Å². The van der Waals surface area contributed by atoms with Gasteiger partial charge in [0.25, 0.3) is 0 Å². The molecule has 0 aliphatic heterocycles. The highest BCUT2D eigenvalue weighted by molar-refractivity contribution is 6.12. The van der Waals surface area contributed by atoms with Crippen LogP contribution in [0.3, 0.4) is 0 Å². The molecule has 0 aliphatic carbocycles. The molecule has 160 valence electrons. The number of pyridine rings is 1. The lowest BCUT2D eigenvalue weighted by Gasteiger charge is -2.14. The number of aryl methyl sites for hydroxylation is 6. The number of nitrogens with zero attached hydrogens (tertiary/aromatic N) is 1. The third-order valence-electron chi connectivity index (χ3n) is 6.53. The smallest absolute Gasteiger partial charge is 0.211 e. The fourth-order valence-corrected chi connectivity index (χ4v) is 3.87. The van der Waals surface area contributed by atoms with Crippen molar-refractivity contribution in [2.75, 3.05) is 0 Å². The van der Waals surface area contributed by atoms with Crippen molar-refractivity contribution in [1.82, 2.24) is 4.98 Å². The average molecular weight is 420 g/mol. The molecular formula is C30H29NO. The van der Waals surface area contributed by atoms with E-state index in [4.69, 9.17) is 4.98 Å². The van der Waals surface area contributed by atoms with Gasteiger partial charge in [-0.15, -0.1) is 0 Å². The summed E-state index contributed by atoms with van der Waals surface area (Å²) in [5.41, 5.74) is 12.4. The Hall–Kier alpha value is -3.52. The Morgan fingerprint density at radius 1 is 0.562 bits per heavy atom. The highest BCUT2D eigenvalue weighted by atomic mass is 16.1. The van der Waals surface area contributed by atoms with E-state index < -0.39 is 0 Å². The fourth-order valence-electron chi connectivity index (χ4n) is 3.87. The molecule has 0 atom stereocenters. The Bertz CT molecular complexity index is 1350. The second-order valence-electron chi connectivity index (χ2n) is 8.85. The van der Waals surface area contributed by atoms with Gasteiger partial charge < -0.3 is 0 Å². The van der Waals surface area contributed by atoms with E-state index in [2.05, 4.69) is 77.1 Å². The number of carbonyl (C=O) groups excluding carboxylic acids is 1. The summed E-state index contributed by atoms with van der Waals surface area (Å²) in [4.78, 5) is 18.3. The summed E-state index contributed by atoms with van der Waals surface area (Å²) < 4.78 is 0. The number of aromatic nitrogens is 1. The normalized spacial score (nSPS) is 10.9. The lowest BCUT2D eigenvalue weighted by atomic mass is 9.92. The molecule has 0 spiro atoms. The molecule has 1 heterocycles. The SMILES string of the molecule is Cc1ccc(C(=O)c2ncc(-c3ccc(C)c(C)c3)cc2-c2ccc(C)c(C)c2)cc1C. The second kappa shape index (κ2) is 8.55. The van der Waals surface area contributed by atoms with E-state index in [1.807, 2.05) is 31.3 Å². The zero-order chi connectivity index (χ0) is 23.0. The zero-order valence-corrected chi connectivity index (χ0v) is 19.7. The molecule has 4 aromatic rings. The van der Waals surface area contributed by atoms with Gasteiger partial charge in [0.15, 0.2) is 0 Å². The predicted octanol–water partition coefficient (Wildman–Crippen LogP) is 7.50. The third-order valence-corrected chi connectivity index (χ3v) is 6.53. The first kappa shape index (κ1) is 21.7. The quantitative estimate of drug-likeness (QED) is 0.321. The molecule has 2 nitrogen and oxygen atoms in total. The van der Waals surface area contributed by atoms with Crippen molar-refractivity contribution >= 4 is 5.78 Å². The molecule has 0 N–H and O–H groups in total. The highest BCUT2D eigenvalue weighted by Crippen LogP contribution is 2.31. The summed E-state index contributed by atoms with van der Waals surface area (Å²) in [6.07, 6.45) is 1.82. The summed E-state index contributed by atoms with van der Waals surface area (Å²) >= 11 is 0. The van der Waals surface area contributed by atoms with E-state index >= 15 is 0 Å². The van der Waals surface area contributed by atoms with Crippen LogP contribution in [0.4, 0.5) is 0 Å². The lowest BCUT2D eigenvalue weighted by Crippen LogP contribution is -2.07. The summed E-state index contributed by atoms with van der Waals surface area (Å²) in [6, 6.07) is 20.7. The minimum Gasteiger partial charge on any atom is -0.287 e. The van der Waals surface area contributed by atoms with Gasteiger partial charge in [0, 0.05) is 22.9 Å². The van der Waals surface area contributed by atoms with E-state index in [0.29, 0.717) is 11.3 Å². The van der Waals surface area contributed by atoms with Gasteiger partial charge >= 0.3 is 0 Å². The topological polar surface area (TPSA) is 30.0 Å². The molecule has 0 saturated heterocycles. The number of hydrogen-bond acceptors (Lipinski definition) is 2. The van der Waals surface area contributed by atoms with Crippen LogP contribution in [0.15, 0.2) is 66.9 Å². The van der Waals surface area contributed by atoms with Gasteiger partial charge in [-0.25, -0.2) is 0 Å². The Kier molecular flexibility index (Phi) is 5.80. The van der Waals surface area contributed by atoms with Crippen molar-refractivity contribution in [3.63, 3.8) is 0 Å². The van der Waals surface area contributed by atoms with E-state index in [1.54, 1.807) is 0 Å². The summed E-state index contributed by atoms with van der Waals surface area (Å²) in [6.45, 7) is 12.5. The summed E-state index contributed by atoms with van der Waals surface area (Å²) in [5.74, 6) is -0.0482. The van der Waals surface area contributed by atoms with E-state index in [0.717, 1.165) is 27.8 Å². The van der Waals surface area contributed by atoms with Crippen LogP contribution >= 0.6 is 0 Å². The maximum Gasteiger partial charge on any atom is 0.211 e. The lowest BCUT2D eigenvalue weighted by molar-refractivity contribution is 0.103. The molecule has 0 aliphatic rings. The Balaban J connectivity index is 1.90. The van der Waals surface area contributed by atoms with Crippen molar-refractivity contribution in [3.8, 4) is 22.3 Å². The molecule has 32 heavy (non-hydrogen) atoms. The van der Waals surface area contributed by atoms with Gasteiger partial charge in [-0.3, -0.25) is 9.78 Å². The van der Waals surface area contributed by atoms with Crippen LogP contribution in [-0.4, -0.2) is 10.8 Å². The van der Waals surface area contributed by atoms with Gasteiger partial charge in [-0.05, 0) is 98.2 Å². The van der Waals surface area contributed by atoms with Crippen molar-refractivity contribution in [2.45, 2.75) is 41.5 Å². The van der Waals surface area contributed by atoms with E-state index in [9.17, 15) is 4.79 Å². The largest absolute Gasteiger partial charge is 0.287 e. The molecule has 0 bridgehead atoms. The standard InChI is InChI=1S/C30H29NO/c1-18-7-10-24(13-21(18)4)27-16-28(25-11-8-19(2)22(5)14-25)29(31-17-27)30(32)26-12-9-20(3)23(6)15-26/h7-17H,1-6H3. The summed E-state index contributed by atoms with van der Waals surface area (Å²) in [5, 5.41) is 0. The van der Waals surface area contributed by atoms with Crippen molar-refractivity contribution < 1.29 is 4.79 Å². The average Bonchev–Trinajstić information content (AvgIpc) is 2.78. The van der Waals surface area contributed by atoms with Gasteiger partial charge in [0.1, 0.15) is 5.69 Å². The Morgan fingerprint density at radius 2 is 1.09 bits per heavy atom. The molecule has 0 saturated carbocycles.